The van der Waals surface area contributed by atoms with Crippen LogP contribution in [0, 0.1) is 0 Å². The molecule has 0 aromatic carbocycles. The van der Waals surface area contributed by atoms with Crippen molar-refractivity contribution in [3.8, 4) is 0 Å². The summed E-state index contributed by atoms with van der Waals surface area (Å²) >= 11 is 0. The standard InChI is InChI=1S/C12H19N3O3S/c13-11-4-6-14-9-12(11)19(17,18)15-7-2-1-3-10(15)5-8-16/h4,6,9-10,16H,1-3,5,7-8H2,(H2,13,14). The molecule has 106 valence electrons. The number of anilines is 1. The summed E-state index contributed by atoms with van der Waals surface area (Å²) in [5.74, 6) is 0. The number of hydrogen-bond donors (Lipinski definition) is 2. The number of rotatable bonds is 4. The molecule has 3 N–H and O–H groups in total. The fourth-order valence-electron chi connectivity index (χ4n) is 2.46. The van der Waals surface area contributed by atoms with Crippen LogP contribution in [0.1, 0.15) is 25.7 Å². The van der Waals surface area contributed by atoms with Crippen LogP contribution in [0.3, 0.4) is 0 Å². The number of aromatic nitrogens is 1. The maximum atomic E-state index is 12.6. The van der Waals surface area contributed by atoms with Crippen molar-refractivity contribution in [2.45, 2.75) is 36.6 Å². The molecule has 1 unspecified atom stereocenters. The molecule has 1 aliphatic heterocycles. The highest BCUT2D eigenvalue weighted by atomic mass is 32.2. The Bertz CT molecular complexity index is 531. The van der Waals surface area contributed by atoms with E-state index in [9.17, 15) is 8.42 Å². The van der Waals surface area contributed by atoms with Crippen LogP contribution in [0.4, 0.5) is 5.69 Å². The Balaban J connectivity index is 2.35. The van der Waals surface area contributed by atoms with Gasteiger partial charge in [-0.15, -0.1) is 0 Å². The number of hydrogen-bond acceptors (Lipinski definition) is 5. The number of pyridine rings is 1. The minimum absolute atomic E-state index is 0.0147. The lowest BCUT2D eigenvalue weighted by molar-refractivity contribution is 0.192. The zero-order valence-corrected chi connectivity index (χ0v) is 11.5. The van der Waals surface area contributed by atoms with E-state index in [1.165, 1.54) is 22.8 Å². The predicted octanol–water partition coefficient (Wildman–Crippen LogP) is 0.589. The van der Waals surface area contributed by atoms with Crippen LogP contribution in [0.15, 0.2) is 23.4 Å². The number of aliphatic hydroxyl groups is 1. The van der Waals surface area contributed by atoms with E-state index in [0.29, 0.717) is 13.0 Å². The summed E-state index contributed by atoms with van der Waals surface area (Å²) in [6.07, 6.45) is 5.81. The monoisotopic (exact) mass is 285 g/mol. The van der Waals surface area contributed by atoms with Crippen LogP contribution in [0.5, 0.6) is 0 Å². The number of nitrogen functional groups attached to an aromatic ring is 1. The molecule has 6 nitrogen and oxygen atoms in total. The first-order chi connectivity index (χ1) is 9.07. The average Bonchev–Trinajstić information content (AvgIpc) is 2.40. The molecule has 0 saturated carbocycles. The summed E-state index contributed by atoms with van der Waals surface area (Å²) in [5.41, 5.74) is 5.95. The summed E-state index contributed by atoms with van der Waals surface area (Å²) in [5, 5.41) is 9.07. The Morgan fingerprint density at radius 2 is 2.26 bits per heavy atom. The van der Waals surface area contributed by atoms with Crippen molar-refractivity contribution in [3.05, 3.63) is 18.5 Å². The third kappa shape index (κ3) is 2.88. The minimum atomic E-state index is -3.63. The predicted molar refractivity (Wildman–Crippen MR) is 71.9 cm³/mol. The number of sulfonamides is 1. The van der Waals surface area contributed by atoms with Crippen LogP contribution >= 0.6 is 0 Å². The van der Waals surface area contributed by atoms with Gasteiger partial charge in [0.15, 0.2) is 0 Å². The third-order valence-electron chi connectivity index (χ3n) is 3.44. The average molecular weight is 285 g/mol. The van der Waals surface area contributed by atoms with Gasteiger partial charge < -0.3 is 10.8 Å². The van der Waals surface area contributed by atoms with Gasteiger partial charge in [0.05, 0.1) is 5.69 Å². The van der Waals surface area contributed by atoms with Crippen LogP contribution in [0.2, 0.25) is 0 Å². The number of nitrogens with two attached hydrogens (primary N) is 1. The van der Waals surface area contributed by atoms with Gasteiger partial charge >= 0.3 is 0 Å². The lowest BCUT2D eigenvalue weighted by Crippen LogP contribution is -2.44. The summed E-state index contributed by atoms with van der Waals surface area (Å²) in [7, 11) is -3.63. The molecule has 2 rings (SSSR count). The molecule has 0 radical (unpaired) electrons. The molecule has 2 heterocycles. The topological polar surface area (TPSA) is 96.5 Å². The van der Waals surface area contributed by atoms with Crippen molar-refractivity contribution in [1.29, 1.82) is 0 Å². The molecule has 1 fully saturated rings. The smallest absolute Gasteiger partial charge is 0.246 e. The normalized spacial score (nSPS) is 21.4. The molecule has 0 bridgehead atoms. The molecule has 1 aromatic rings. The van der Waals surface area contributed by atoms with Gasteiger partial charge in [0.1, 0.15) is 4.90 Å². The van der Waals surface area contributed by atoms with Crippen molar-refractivity contribution in [2.24, 2.45) is 0 Å². The molecule has 0 amide bonds. The second kappa shape index (κ2) is 5.85. The SMILES string of the molecule is Nc1ccncc1S(=O)(=O)N1CCCCC1CCO. The van der Waals surface area contributed by atoms with Crippen molar-refractivity contribution in [3.63, 3.8) is 0 Å². The molecule has 1 aromatic heterocycles. The molecule has 0 spiro atoms. The van der Waals surface area contributed by atoms with Gasteiger partial charge in [0.2, 0.25) is 10.0 Å². The van der Waals surface area contributed by atoms with Crippen LogP contribution in [-0.4, -0.2) is 42.0 Å². The van der Waals surface area contributed by atoms with Gasteiger partial charge in [-0.25, -0.2) is 8.42 Å². The second-order valence-electron chi connectivity index (χ2n) is 4.69. The Labute approximate surface area is 113 Å². The van der Waals surface area contributed by atoms with Gasteiger partial charge in [-0.05, 0) is 25.3 Å². The van der Waals surface area contributed by atoms with E-state index in [0.717, 1.165) is 19.3 Å². The molecule has 0 aliphatic carbocycles. The first-order valence-electron chi connectivity index (χ1n) is 6.39. The van der Waals surface area contributed by atoms with Crippen LogP contribution in [0.25, 0.3) is 0 Å². The highest BCUT2D eigenvalue weighted by molar-refractivity contribution is 7.89. The molecule has 1 saturated heterocycles. The Hall–Kier alpha value is -1.18. The summed E-state index contributed by atoms with van der Waals surface area (Å²) in [6.45, 7) is 0.459. The van der Waals surface area contributed by atoms with E-state index in [4.69, 9.17) is 10.8 Å². The Morgan fingerprint density at radius 1 is 1.47 bits per heavy atom. The van der Waals surface area contributed by atoms with Crippen LogP contribution in [-0.2, 0) is 10.0 Å². The summed E-state index contributed by atoms with van der Waals surface area (Å²) in [6, 6.07) is 1.33. The maximum absolute atomic E-state index is 12.6. The highest BCUT2D eigenvalue weighted by Crippen LogP contribution is 2.28. The van der Waals surface area contributed by atoms with E-state index < -0.39 is 10.0 Å². The van der Waals surface area contributed by atoms with Crippen molar-refractivity contribution < 1.29 is 13.5 Å². The Morgan fingerprint density at radius 3 is 2.95 bits per heavy atom. The maximum Gasteiger partial charge on any atom is 0.246 e. The van der Waals surface area contributed by atoms with Crippen molar-refractivity contribution in [1.82, 2.24) is 9.29 Å². The molecule has 7 heteroatoms. The van der Waals surface area contributed by atoms with E-state index in [1.807, 2.05) is 0 Å². The second-order valence-corrected chi connectivity index (χ2v) is 6.55. The largest absolute Gasteiger partial charge is 0.398 e. The Kier molecular flexibility index (Phi) is 4.38. The van der Waals surface area contributed by atoms with Crippen molar-refractivity contribution in [2.75, 3.05) is 18.9 Å². The van der Waals surface area contributed by atoms with E-state index in [1.54, 1.807) is 0 Å². The molecular formula is C12H19N3O3S. The third-order valence-corrected chi connectivity index (χ3v) is 5.43. The lowest BCUT2D eigenvalue weighted by Gasteiger charge is -2.34. The van der Waals surface area contributed by atoms with Gasteiger partial charge in [-0.3, -0.25) is 4.98 Å². The fraction of sp³-hybridized carbons (Fsp3) is 0.583. The number of piperidine rings is 1. The van der Waals surface area contributed by atoms with E-state index in [2.05, 4.69) is 4.98 Å². The number of aliphatic hydroxyl groups excluding tert-OH is 1. The first-order valence-corrected chi connectivity index (χ1v) is 7.83. The zero-order chi connectivity index (χ0) is 13.9. The lowest BCUT2D eigenvalue weighted by atomic mass is 10.0. The highest BCUT2D eigenvalue weighted by Gasteiger charge is 2.34. The molecular weight excluding hydrogens is 266 g/mol. The molecule has 1 atom stereocenters. The van der Waals surface area contributed by atoms with Gasteiger partial charge in [0, 0.05) is 31.6 Å². The first kappa shape index (κ1) is 14.2. The van der Waals surface area contributed by atoms with Crippen LogP contribution < -0.4 is 5.73 Å². The zero-order valence-electron chi connectivity index (χ0n) is 10.7. The van der Waals surface area contributed by atoms with E-state index >= 15 is 0 Å². The molecule has 1 aliphatic rings. The minimum Gasteiger partial charge on any atom is -0.398 e. The summed E-state index contributed by atoms with van der Waals surface area (Å²) < 4.78 is 26.7. The van der Waals surface area contributed by atoms with E-state index in [-0.39, 0.29) is 23.2 Å². The van der Waals surface area contributed by atoms with Crippen molar-refractivity contribution >= 4 is 15.7 Å². The molecule has 19 heavy (non-hydrogen) atoms. The number of nitrogens with zero attached hydrogens (tertiary/aromatic N) is 2. The fourth-order valence-corrected chi connectivity index (χ4v) is 4.25. The van der Waals surface area contributed by atoms with Gasteiger partial charge in [-0.1, -0.05) is 6.42 Å². The van der Waals surface area contributed by atoms with Gasteiger partial charge in [0.25, 0.3) is 0 Å². The van der Waals surface area contributed by atoms with Gasteiger partial charge in [-0.2, -0.15) is 4.31 Å². The quantitative estimate of drug-likeness (QED) is 0.844. The summed E-state index contributed by atoms with van der Waals surface area (Å²) in [4.78, 5) is 3.90.